The highest BCUT2D eigenvalue weighted by atomic mass is 16.4. The molecule has 0 bridgehead atoms. The van der Waals surface area contributed by atoms with Crippen LogP contribution in [0.25, 0.3) is 0 Å². The molecule has 0 atom stereocenters. The lowest BCUT2D eigenvalue weighted by Crippen LogP contribution is -2.26. The van der Waals surface area contributed by atoms with Gasteiger partial charge in [0.2, 0.25) is 0 Å². The SMILES string of the molecule is CC.CC.CC1(C)CCC(=O)C=C1C(=O)O. The lowest BCUT2D eigenvalue weighted by atomic mass is 9.75. The summed E-state index contributed by atoms with van der Waals surface area (Å²) in [7, 11) is 0. The Balaban J connectivity index is 0. The molecule has 0 spiro atoms. The second-order valence-electron chi connectivity index (χ2n) is 3.71. The minimum absolute atomic E-state index is 0.0771. The Hall–Kier alpha value is -1.12. The molecule has 3 nitrogen and oxygen atoms in total. The third-order valence-electron chi connectivity index (χ3n) is 2.26. The molecular weight excluding hydrogens is 204 g/mol. The van der Waals surface area contributed by atoms with E-state index in [1.165, 1.54) is 6.08 Å². The molecular formula is C13H24O3. The van der Waals surface area contributed by atoms with Crippen LogP contribution in [0.4, 0.5) is 0 Å². The van der Waals surface area contributed by atoms with Gasteiger partial charge in [-0.2, -0.15) is 0 Å². The molecule has 0 aromatic carbocycles. The Bertz CT molecular complexity index is 262. The number of carbonyl (C=O) groups excluding carboxylic acids is 1. The van der Waals surface area contributed by atoms with Gasteiger partial charge >= 0.3 is 5.97 Å². The largest absolute Gasteiger partial charge is 0.478 e. The van der Waals surface area contributed by atoms with Crippen molar-refractivity contribution in [2.24, 2.45) is 5.41 Å². The van der Waals surface area contributed by atoms with Gasteiger partial charge in [-0.25, -0.2) is 4.79 Å². The van der Waals surface area contributed by atoms with Crippen molar-refractivity contribution in [1.29, 1.82) is 0 Å². The molecule has 94 valence electrons. The number of rotatable bonds is 1. The van der Waals surface area contributed by atoms with Crippen molar-refractivity contribution in [2.45, 2.75) is 54.4 Å². The quantitative estimate of drug-likeness (QED) is 0.748. The van der Waals surface area contributed by atoms with Crippen LogP contribution in [0, 0.1) is 5.41 Å². The van der Waals surface area contributed by atoms with Gasteiger partial charge in [0, 0.05) is 12.0 Å². The van der Waals surface area contributed by atoms with E-state index in [-0.39, 0.29) is 16.8 Å². The van der Waals surface area contributed by atoms with E-state index in [9.17, 15) is 9.59 Å². The summed E-state index contributed by atoms with van der Waals surface area (Å²) in [6.45, 7) is 11.7. The van der Waals surface area contributed by atoms with Gasteiger partial charge in [0.05, 0.1) is 0 Å². The van der Waals surface area contributed by atoms with Gasteiger partial charge in [0.25, 0.3) is 0 Å². The first-order chi connectivity index (χ1) is 7.43. The van der Waals surface area contributed by atoms with E-state index in [1.54, 1.807) is 0 Å². The maximum absolute atomic E-state index is 10.9. The van der Waals surface area contributed by atoms with Crippen LogP contribution in [-0.4, -0.2) is 16.9 Å². The Morgan fingerprint density at radius 2 is 1.69 bits per heavy atom. The minimum atomic E-state index is -0.979. The van der Waals surface area contributed by atoms with Gasteiger partial charge < -0.3 is 5.11 Å². The summed E-state index contributed by atoms with van der Waals surface area (Å²) in [5.41, 5.74) is -0.126. The molecule has 0 saturated carbocycles. The first-order valence-electron chi connectivity index (χ1n) is 5.92. The average Bonchev–Trinajstić information content (AvgIpc) is 2.27. The highest BCUT2D eigenvalue weighted by molar-refractivity contribution is 6.00. The predicted molar refractivity (Wildman–Crippen MR) is 66.4 cm³/mol. The van der Waals surface area contributed by atoms with Gasteiger partial charge in [0.15, 0.2) is 5.78 Å². The molecule has 1 rings (SSSR count). The van der Waals surface area contributed by atoms with Crippen LogP contribution >= 0.6 is 0 Å². The number of hydrogen-bond acceptors (Lipinski definition) is 2. The third kappa shape index (κ3) is 5.10. The van der Waals surface area contributed by atoms with Crippen LogP contribution in [0.2, 0.25) is 0 Å². The molecule has 3 heteroatoms. The molecule has 0 aliphatic heterocycles. The summed E-state index contributed by atoms with van der Waals surface area (Å²) in [5.74, 6) is -1.06. The predicted octanol–water partition coefficient (Wildman–Crippen LogP) is 3.44. The first kappa shape index (κ1) is 17.3. The number of allylic oxidation sites excluding steroid dienone is 1. The van der Waals surface area contributed by atoms with Gasteiger partial charge in [-0.15, -0.1) is 0 Å². The lowest BCUT2D eigenvalue weighted by Gasteiger charge is -2.28. The summed E-state index contributed by atoms with van der Waals surface area (Å²) < 4.78 is 0. The van der Waals surface area contributed by atoms with E-state index < -0.39 is 5.97 Å². The standard InChI is InChI=1S/C9H12O3.2C2H6/c1-9(2)4-3-6(10)5-7(9)8(11)12;2*1-2/h5H,3-4H2,1-2H3,(H,11,12);2*1-2H3. The monoisotopic (exact) mass is 228 g/mol. The topological polar surface area (TPSA) is 54.4 Å². The summed E-state index contributed by atoms with van der Waals surface area (Å²) in [4.78, 5) is 21.6. The molecule has 0 fully saturated rings. The molecule has 0 radical (unpaired) electrons. The van der Waals surface area contributed by atoms with E-state index in [4.69, 9.17) is 5.11 Å². The lowest BCUT2D eigenvalue weighted by molar-refractivity contribution is -0.134. The van der Waals surface area contributed by atoms with Crippen molar-refractivity contribution in [3.05, 3.63) is 11.6 Å². The van der Waals surface area contributed by atoms with Crippen molar-refractivity contribution in [3.8, 4) is 0 Å². The maximum atomic E-state index is 10.9. The molecule has 16 heavy (non-hydrogen) atoms. The van der Waals surface area contributed by atoms with Crippen LogP contribution < -0.4 is 0 Å². The zero-order chi connectivity index (χ0) is 13.4. The number of carboxylic acid groups (broad SMARTS) is 1. The third-order valence-corrected chi connectivity index (χ3v) is 2.26. The van der Waals surface area contributed by atoms with Crippen molar-refractivity contribution in [1.82, 2.24) is 0 Å². The molecule has 0 aromatic rings. The van der Waals surface area contributed by atoms with Crippen molar-refractivity contribution in [2.75, 3.05) is 0 Å². The van der Waals surface area contributed by atoms with Gasteiger partial charge in [-0.1, -0.05) is 41.5 Å². The Morgan fingerprint density at radius 3 is 2.00 bits per heavy atom. The summed E-state index contributed by atoms with van der Waals surface area (Å²) in [6.07, 6.45) is 2.35. The molecule has 0 amide bonds. The summed E-state index contributed by atoms with van der Waals surface area (Å²) >= 11 is 0. The molecule has 0 aromatic heterocycles. The average molecular weight is 228 g/mol. The Kier molecular flexibility index (Phi) is 8.73. The second kappa shape index (κ2) is 8.08. The van der Waals surface area contributed by atoms with Crippen LogP contribution in [0.1, 0.15) is 54.4 Å². The number of carboxylic acids is 1. The number of hydrogen-bond donors (Lipinski definition) is 1. The van der Waals surface area contributed by atoms with Crippen molar-refractivity contribution < 1.29 is 14.7 Å². The number of carbonyl (C=O) groups is 2. The van der Waals surface area contributed by atoms with Crippen LogP contribution in [-0.2, 0) is 9.59 Å². The minimum Gasteiger partial charge on any atom is -0.478 e. The molecule has 0 saturated heterocycles. The number of ketones is 1. The fraction of sp³-hybridized carbons (Fsp3) is 0.692. The zero-order valence-electron chi connectivity index (χ0n) is 11.3. The van der Waals surface area contributed by atoms with Crippen LogP contribution in [0.5, 0.6) is 0 Å². The van der Waals surface area contributed by atoms with Gasteiger partial charge in [-0.3, -0.25) is 4.79 Å². The highest BCUT2D eigenvalue weighted by Gasteiger charge is 2.32. The summed E-state index contributed by atoms with van der Waals surface area (Å²) in [6, 6.07) is 0. The van der Waals surface area contributed by atoms with Crippen molar-refractivity contribution >= 4 is 11.8 Å². The van der Waals surface area contributed by atoms with Crippen LogP contribution in [0.15, 0.2) is 11.6 Å². The second-order valence-corrected chi connectivity index (χ2v) is 3.71. The maximum Gasteiger partial charge on any atom is 0.332 e. The molecule has 0 heterocycles. The van der Waals surface area contributed by atoms with Crippen LogP contribution in [0.3, 0.4) is 0 Å². The van der Waals surface area contributed by atoms with E-state index >= 15 is 0 Å². The molecule has 0 unspecified atom stereocenters. The first-order valence-corrected chi connectivity index (χ1v) is 5.92. The molecule has 1 N–H and O–H groups in total. The fourth-order valence-corrected chi connectivity index (χ4v) is 1.35. The van der Waals surface area contributed by atoms with Gasteiger partial charge in [0.1, 0.15) is 0 Å². The smallest absolute Gasteiger partial charge is 0.332 e. The fourth-order valence-electron chi connectivity index (χ4n) is 1.35. The van der Waals surface area contributed by atoms with Gasteiger partial charge in [-0.05, 0) is 17.9 Å². The van der Waals surface area contributed by atoms with E-state index in [1.807, 2.05) is 41.5 Å². The normalized spacial score (nSPS) is 17.1. The van der Waals surface area contributed by atoms with E-state index in [0.717, 1.165) is 0 Å². The Labute approximate surface area is 98.6 Å². The van der Waals surface area contributed by atoms with E-state index in [0.29, 0.717) is 12.8 Å². The molecule has 1 aliphatic carbocycles. The number of aliphatic carboxylic acids is 1. The van der Waals surface area contributed by atoms with E-state index in [2.05, 4.69) is 0 Å². The van der Waals surface area contributed by atoms with Crippen molar-refractivity contribution in [3.63, 3.8) is 0 Å². The zero-order valence-corrected chi connectivity index (χ0v) is 11.3. The molecule has 1 aliphatic rings. The Morgan fingerprint density at radius 1 is 1.25 bits per heavy atom. The highest BCUT2D eigenvalue weighted by Crippen LogP contribution is 2.35. The summed E-state index contributed by atoms with van der Waals surface area (Å²) in [5, 5.41) is 8.77.